The first-order valence-electron chi connectivity index (χ1n) is 6.70. The fourth-order valence-corrected chi connectivity index (χ4v) is 3.64. The van der Waals surface area contributed by atoms with Gasteiger partial charge in [-0.15, -0.1) is 11.3 Å². The van der Waals surface area contributed by atoms with Crippen molar-refractivity contribution < 1.29 is 0 Å². The summed E-state index contributed by atoms with van der Waals surface area (Å²) in [4.78, 5) is 1.32. The van der Waals surface area contributed by atoms with Gasteiger partial charge in [-0.1, -0.05) is 51.6 Å². The van der Waals surface area contributed by atoms with E-state index in [1.807, 2.05) is 6.07 Å². The topological polar surface area (TPSA) is 12.0 Å². The van der Waals surface area contributed by atoms with Crippen LogP contribution in [0.4, 0.5) is 0 Å². The molecular weight excluding hydrogens is 250 g/mol. The van der Waals surface area contributed by atoms with E-state index in [0.29, 0.717) is 12.0 Å². The Morgan fingerprint density at radius 3 is 2.59 bits per heavy atom. The van der Waals surface area contributed by atoms with Crippen LogP contribution in [-0.2, 0) is 0 Å². The Morgan fingerprint density at radius 2 is 2.12 bits per heavy atom. The zero-order chi connectivity index (χ0) is 12.7. The molecule has 2 atom stereocenters. The summed E-state index contributed by atoms with van der Waals surface area (Å²) in [6.45, 7) is 7.71. The summed E-state index contributed by atoms with van der Waals surface area (Å²) in [5.41, 5.74) is 0. The van der Waals surface area contributed by atoms with Crippen LogP contribution in [0.1, 0.15) is 57.4 Å². The summed E-state index contributed by atoms with van der Waals surface area (Å²) in [7, 11) is 0. The van der Waals surface area contributed by atoms with Crippen molar-refractivity contribution in [3.63, 3.8) is 0 Å². The number of nitrogens with one attached hydrogen (secondary N) is 1. The molecule has 1 heterocycles. The van der Waals surface area contributed by atoms with Gasteiger partial charge in [-0.2, -0.15) is 0 Å². The lowest BCUT2D eigenvalue weighted by Gasteiger charge is -2.26. The van der Waals surface area contributed by atoms with Crippen LogP contribution in [0.5, 0.6) is 0 Å². The molecule has 0 radical (unpaired) electrons. The maximum Gasteiger partial charge on any atom is 0.0561 e. The highest BCUT2D eigenvalue weighted by Gasteiger charge is 2.23. The molecule has 0 aliphatic rings. The van der Waals surface area contributed by atoms with E-state index in [1.54, 1.807) is 11.3 Å². The summed E-state index contributed by atoms with van der Waals surface area (Å²) >= 11 is 8.06. The lowest BCUT2D eigenvalue weighted by molar-refractivity contribution is 0.332. The monoisotopic (exact) mass is 273 g/mol. The van der Waals surface area contributed by atoms with Crippen LogP contribution >= 0.6 is 22.9 Å². The summed E-state index contributed by atoms with van der Waals surface area (Å²) in [5.74, 6) is 0.700. The predicted molar refractivity (Wildman–Crippen MR) is 79.1 cm³/mol. The SMILES string of the molecule is CCCCC(CC)C(NCC)c1sccc1Cl. The first-order chi connectivity index (χ1) is 8.24. The van der Waals surface area contributed by atoms with Crippen molar-refractivity contribution in [2.24, 2.45) is 5.92 Å². The Hall–Kier alpha value is -0.0500. The van der Waals surface area contributed by atoms with Crippen molar-refractivity contribution in [1.82, 2.24) is 5.32 Å². The van der Waals surface area contributed by atoms with Gasteiger partial charge < -0.3 is 5.32 Å². The van der Waals surface area contributed by atoms with Gasteiger partial charge in [-0.05, 0) is 30.3 Å². The van der Waals surface area contributed by atoms with Crippen molar-refractivity contribution in [3.8, 4) is 0 Å². The summed E-state index contributed by atoms with van der Waals surface area (Å²) in [5, 5.41) is 6.63. The molecule has 0 aliphatic carbocycles. The van der Waals surface area contributed by atoms with Gasteiger partial charge in [0.2, 0.25) is 0 Å². The van der Waals surface area contributed by atoms with E-state index in [9.17, 15) is 0 Å². The van der Waals surface area contributed by atoms with Crippen molar-refractivity contribution in [2.45, 2.75) is 52.5 Å². The van der Waals surface area contributed by atoms with E-state index in [0.717, 1.165) is 11.6 Å². The van der Waals surface area contributed by atoms with Gasteiger partial charge in [0.25, 0.3) is 0 Å². The average Bonchev–Trinajstić information content (AvgIpc) is 2.75. The van der Waals surface area contributed by atoms with Gasteiger partial charge in [-0.25, -0.2) is 0 Å². The quantitative estimate of drug-likeness (QED) is 0.680. The highest BCUT2D eigenvalue weighted by Crippen LogP contribution is 2.36. The molecule has 1 nitrogen and oxygen atoms in total. The molecule has 0 fully saturated rings. The molecule has 3 heteroatoms. The van der Waals surface area contributed by atoms with Crippen molar-refractivity contribution in [1.29, 1.82) is 0 Å². The average molecular weight is 274 g/mol. The number of rotatable bonds is 8. The van der Waals surface area contributed by atoms with Crippen molar-refractivity contribution in [2.75, 3.05) is 6.54 Å². The van der Waals surface area contributed by atoms with E-state index in [1.165, 1.54) is 30.6 Å². The molecule has 0 aliphatic heterocycles. The molecule has 1 N–H and O–H groups in total. The number of thiophene rings is 1. The van der Waals surface area contributed by atoms with Gasteiger partial charge >= 0.3 is 0 Å². The number of unbranched alkanes of at least 4 members (excludes halogenated alkanes) is 1. The molecule has 1 aromatic heterocycles. The molecule has 0 aromatic carbocycles. The highest BCUT2D eigenvalue weighted by molar-refractivity contribution is 7.10. The first-order valence-corrected chi connectivity index (χ1v) is 7.96. The lowest BCUT2D eigenvalue weighted by Crippen LogP contribution is -2.27. The third-order valence-electron chi connectivity index (χ3n) is 3.28. The molecule has 0 amide bonds. The molecule has 0 spiro atoms. The normalized spacial score (nSPS) is 14.8. The van der Waals surface area contributed by atoms with Gasteiger partial charge in [0.05, 0.1) is 5.02 Å². The molecule has 1 aromatic rings. The minimum absolute atomic E-state index is 0.434. The molecule has 0 saturated heterocycles. The van der Waals surface area contributed by atoms with E-state index >= 15 is 0 Å². The second-order valence-corrected chi connectivity index (χ2v) is 5.83. The summed E-state index contributed by atoms with van der Waals surface area (Å²) in [6.07, 6.45) is 5.09. The second kappa shape index (κ2) is 8.12. The van der Waals surface area contributed by atoms with Crippen molar-refractivity contribution in [3.05, 3.63) is 21.3 Å². The second-order valence-electron chi connectivity index (χ2n) is 4.48. The Kier molecular flexibility index (Phi) is 7.17. The Morgan fingerprint density at radius 1 is 1.35 bits per heavy atom. The van der Waals surface area contributed by atoms with Crippen LogP contribution in [0, 0.1) is 5.92 Å². The maximum atomic E-state index is 6.28. The van der Waals surface area contributed by atoms with Gasteiger partial charge in [0, 0.05) is 10.9 Å². The molecule has 0 bridgehead atoms. The van der Waals surface area contributed by atoms with Crippen LogP contribution in [0.2, 0.25) is 5.02 Å². The van der Waals surface area contributed by atoms with E-state index in [2.05, 4.69) is 31.5 Å². The predicted octanol–water partition coefficient (Wildman–Crippen LogP) is 5.27. The molecule has 0 saturated carbocycles. The third kappa shape index (κ3) is 4.27. The minimum atomic E-state index is 0.434. The Bertz CT molecular complexity index is 311. The number of halogens is 1. The zero-order valence-corrected chi connectivity index (χ0v) is 12.7. The summed E-state index contributed by atoms with van der Waals surface area (Å²) < 4.78 is 0. The smallest absolute Gasteiger partial charge is 0.0561 e. The van der Waals surface area contributed by atoms with Gasteiger partial charge in [0.15, 0.2) is 0 Å². The van der Waals surface area contributed by atoms with Crippen LogP contribution in [0.15, 0.2) is 11.4 Å². The minimum Gasteiger partial charge on any atom is -0.309 e. The van der Waals surface area contributed by atoms with E-state index in [4.69, 9.17) is 11.6 Å². The van der Waals surface area contributed by atoms with Crippen LogP contribution in [0.25, 0.3) is 0 Å². The molecule has 2 unspecified atom stereocenters. The van der Waals surface area contributed by atoms with Crippen LogP contribution in [0.3, 0.4) is 0 Å². The first kappa shape index (κ1) is 15.0. The standard InChI is InChI=1S/C14H24ClNS/c1-4-7-8-11(5-2)13(16-6-3)14-12(15)9-10-17-14/h9-11,13,16H,4-8H2,1-3H3. The molecule has 98 valence electrons. The maximum absolute atomic E-state index is 6.28. The number of hydrogen-bond acceptors (Lipinski definition) is 2. The fourth-order valence-electron chi connectivity index (χ4n) is 2.29. The molecule has 1 rings (SSSR count). The zero-order valence-electron chi connectivity index (χ0n) is 11.1. The van der Waals surface area contributed by atoms with Crippen LogP contribution in [-0.4, -0.2) is 6.54 Å². The van der Waals surface area contributed by atoms with Gasteiger partial charge in [-0.3, -0.25) is 0 Å². The Balaban J connectivity index is 2.79. The number of hydrogen-bond donors (Lipinski definition) is 1. The largest absolute Gasteiger partial charge is 0.309 e. The summed E-state index contributed by atoms with van der Waals surface area (Å²) in [6, 6.07) is 2.45. The van der Waals surface area contributed by atoms with E-state index in [-0.39, 0.29) is 0 Å². The van der Waals surface area contributed by atoms with Crippen LogP contribution < -0.4 is 5.32 Å². The highest BCUT2D eigenvalue weighted by atomic mass is 35.5. The fraction of sp³-hybridized carbons (Fsp3) is 0.714. The lowest BCUT2D eigenvalue weighted by atomic mass is 9.90. The third-order valence-corrected chi connectivity index (χ3v) is 4.72. The molecular formula is C14H24ClNS. The van der Waals surface area contributed by atoms with Crippen molar-refractivity contribution >= 4 is 22.9 Å². The molecule has 17 heavy (non-hydrogen) atoms. The Labute approximate surface area is 115 Å². The van der Waals surface area contributed by atoms with Gasteiger partial charge in [0.1, 0.15) is 0 Å². The van der Waals surface area contributed by atoms with E-state index < -0.39 is 0 Å².